The number of hydrogen-bond donors (Lipinski definition) is 1. The maximum Gasteiger partial charge on any atom is 0.308 e. The first-order valence-electron chi connectivity index (χ1n) is 7.64. The molecule has 0 bridgehead atoms. The maximum atomic E-state index is 10.6. The van der Waals surface area contributed by atoms with E-state index in [0.29, 0.717) is 12.2 Å². The predicted octanol–water partition coefficient (Wildman–Crippen LogP) is 5.27. The van der Waals surface area contributed by atoms with Crippen molar-refractivity contribution in [2.24, 2.45) is 0 Å². The number of carbonyl (C=O) groups excluding carboxylic acids is 2. The van der Waals surface area contributed by atoms with Crippen molar-refractivity contribution in [3.63, 3.8) is 0 Å². The highest BCUT2D eigenvalue weighted by Crippen LogP contribution is 2.18. The van der Waals surface area contributed by atoms with Crippen molar-refractivity contribution in [3.8, 4) is 5.75 Å². The van der Waals surface area contributed by atoms with E-state index in [0.717, 1.165) is 15.7 Å². The minimum atomic E-state index is -0.276. The zero-order valence-corrected chi connectivity index (χ0v) is 16.3. The third-order valence-corrected chi connectivity index (χ3v) is 3.18. The fraction of sp³-hybridized carbons (Fsp3) is 0.263. The number of ether oxygens (including phenoxy) is 1. The smallest absolute Gasteiger partial charge is 0.308 e. The van der Waals surface area contributed by atoms with E-state index in [1.807, 2.05) is 70.2 Å². The Kier molecular flexibility index (Phi) is 11.2. The van der Waals surface area contributed by atoms with Gasteiger partial charge in [-0.3, -0.25) is 9.59 Å². The molecule has 1 amide bonds. The lowest BCUT2D eigenvalue weighted by molar-refractivity contribution is -0.131. The molecule has 0 spiro atoms. The van der Waals surface area contributed by atoms with Gasteiger partial charge in [0.25, 0.3) is 0 Å². The topological polar surface area (TPSA) is 55.4 Å². The first-order valence-corrected chi connectivity index (χ1v) is 8.43. The summed E-state index contributed by atoms with van der Waals surface area (Å²) in [7, 11) is 0. The summed E-state index contributed by atoms with van der Waals surface area (Å²) in [6, 6.07) is 13.1. The zero-order valence-electron chi connectivity index (χ0n) is 14.7. The molecular formula is C19H24BrNO3. The van der Waals surface area contributed by atoms with Crippen LogP contribution < -0.4 is 10.1 Å². The van der Waals surface area contributed by atoms with Gasteiger partial charge in [-0.25, -0.2) is 0 Å². The molecule has 0 fully saturated rings. The Bertz CT molecular complexity index is 640. The fourth-order valence-corrected chi connectivity index (χ4v) is 1.95. The second-order valence-corrected chi connectivity index (χ2v) is 5.55. The third-order valence-electron chi connectivity index (χ3n) is 2.65. The first kappa shape index (κ1) is 21.9. The highest BCUT2D eigenvalue weighted by molar-refractivity contribution is 9.10. The van der Waals surface area contributed by atoms with E-state index in [9.17, 15) is 9.59 Å². The highest BCUT2D eigenvalue weighted by Gasteiger charge is 2.01. The van der Waals surface area contributed by atoms with Crippen LogP contribution in [0.4, 0.5) is 5.69 Å². The first-order chi connectivity index (χ1) is 11.4. The van der Waals surface area contributed by atoms with Gasteiger partial charge < -0.3 is 10.1 Å². The molecule has 130 valence electrons. The SMILES string of the molecule is CC.CC(=O)Oc1ccc(C)cc1C.O=CNc1ccc(Br)cc1. The van der Waals surface area contributed by atoms with Crippen molar-refractivity contribution in [3.05, 3.63) is 58.1 Å². The van der Waals surface area contributed by atoms with Gasteiger partial charge in [0.05, 0.1) is 0 Å². The second-order valence-electron chi connectivity index (χ2n) is 4.63. The van der Waals surface area contributed by atoms with Gasteiger partial charge in [-0.15, -0.1) is 0 Å². The number of nitrogens with one attached hydrogen (secondary N) is 1. The van der Waals surface area contributed by atoms with E-state index in [4.69, 9.17) is 4.74 Å². The van der Waals surface area contributed by atoms with Crippen LogP contribution in [0, 0.1) is 13.8 Å². The summed E-state index contributed by atoms with van der Waals surface area (Å²) in [4.78, 5) is 20.6. The number of carbonyl (C=O) groups is 2. The van der Waals surface area contributed by atoms with Crippen LogP contribution in [0.3, 0.4) is 0 Å². The summed E-state index contributed by atoms with van der Waals surface area (Å²) in [6.45, 7) is 9.33. The molecular weight excluding hydrogens is 370 g/mol. The number of rotatable bonds is 3. The highest BCUT2D eigenvalue weighted by atomic mass is 79.9. The molecule has 0 aromatic heterocycles. The number of anilines is 1. The van der Waals surface area contributed by atoms with Crippen LogP contribution in [0.25, 0.3) is 0 Å². The third kappa shape index (κ3) is 9.10. The molecule has 24 heavy (non-hydrogen) atoms. The quantitative estimate of drug-likeness (QED) is 0.438. The Labute approximate surface area is 152 Å². The minimum Gasteiger partial charge on any atom is -0.426 e. The van der Waals surface area contributed by atoms with Gasteiger partial charge in [0.15, 0.2) is 0 Å². The van der Waals surface area contributed by atoms with Crippen molar-refractivity contribution in [1.82, 2.24) is 0 Å². The molecule has 0 saturated heterocycles. The Morgan fingerprint density at radius 2 is 1.67 bits per heavy atom. The fourth-order valence-electron chi connectivity index (χ4n) is 1.68. The molecule has 5 heteroatoms. The lowest BCUT2D eigenvalue weighted by atomic mass is 10.1. The van der Waals surface area contributed by atoms with Gasteiger partial charge in [-0.05, 0) is 49.7 Å². The van der Waals surface area contributed by atoms with Crippen LogP contribution in [0.15, 0.2) is 46.9 Å². The molecule has 2 aromatic carbocycles. The van der Waals surface area contributed by atoms with Gasteiger partial charge in [0.2, 0.25) is 6.41 Å². The molecule has 0 aliphatic carbocycles. The Hall–Kier alpha value is -2.14. The van der Waals surface area contributed by atoms with E-state index in [1.54, 1.807) is 0 Å². The monoisotopic (exact) mass is 393 g/mol. The molecule has 2 aromatic rings. The summed E-state index contributed by atoms with van der Waals surface area (Å²) in [6.07, 6.45) is 0.656. The maximum absolute atomic E-state index is 10.6. The zero-order chi connectivity index (χ0) is 18.5. The molecule has 0 aliphatic rings. The lowest BCUT2D eigenvalue weighted by Gasteiger charge is -2.04. The molecule has 1 N–H and O–H groups in total. The van der Waals surface area contributed by atoms with Crippen LogP contribution in [0.5, 0.6) is 5.75 Å². The molecule has 0 aliphatic heterocycles. The van der Waals surface area contributed by atoms with Crippen LogP contribution in [0.2, 0.25) is 0 Å². The predicted molar refractivity (Wildman–Crippen MR) is 102 cm³/mol. The molecule has 0 saturated carbocycles. The van der Waals surface area contributed by atoms with Crippen LogP contribution >= 0.6 is 15.9 Å². The summed E-state index contributed by atoms with van der Waals surface area (Å²) in [5.41, 5.74) is 2.96. The van der Waals surface area contributed by atoms with E-state index < -0.39 is 0 Å². The van der Waals surface area contributed by atoms with Gasteiger partial charge in [-0.1, -0.05) is 47.5 Å². The van der Waals surface area contributed by atoms with Gasteiger partial charge in [-0.2, -0.15) is 0 Å². The molecule has 0 atom stereocenters. The van der Waals surface area contributed by atoms with Crippen LogP contribution in [-0.4, -0.2) is 12.4 Å². The normalized spacial score (nSPS) is 8.75. The Morgan fingerprint density at radius 1 is 1.08 bits per heavy atom. The van der Waals surface area contributed by atoms with E-state index in [-0.39, 0.29) is 5.97 Å². The van der Waals surface area contributed by atoms with Crippen molar-refractivity contribution in [2.45, 2.75) is 34.6 Å². The van der Waals surface area contributed by atoms with Crippen LogP contribution in [-0.2, 0) is 9.59 Å². The van der Waals surface area contributed by atoms with Crippen molar-refractivity contribution >= 4 is 34.0 Å². The van der Waals surface area contributed by atoms with Crippen molar-refractivity contribution in [2.75, 3.05) is 5.32 Å². The molecule has 4 nitrogen and oxygen atoms in total. The van der Waals surface area contributed by atoms with E-state index in [1.165, 1.54) is 12.5 Å². The average molecular weight is 394 g/mol. The lowest BCUT2D eigenvalue weighted by Crippen LogP contribution is -2.02. The molecule has 0 radical (unpaired) electrons. The summed E-state index contributed by atoms with van der Waals surface area (Å²) < 4.78 is 5.96. The number of aryl methyl sites for hydroxylation is 2. The van der Waals surface area contributed by atoms with E-state index in [2.05, 4.69) is 21.2 Å². The Morgan fingerprint density at radius 3 is 2.12 bits per heavy atom. The number of benzene rings is 2. The summed E-state index contributed by atoms with van der Waals surface area (Å²) in [5, 5.41) is 2.53. The minimum absolute atomic E-state index is 0.276. The van der Waals surface area contributed by atoms with Crippen molar-refractivity contribution in [1.29, 1.82) is 0 Å². The van der Waals surface area contributed by atoms with Crippen molar-refractivity contribution < 1.29 is 14.3 Å². The number of esters is 1. The molecule has 0 unspecified atom stereocenters. The largest absolute Gasteiger partial charge is 0.426 e. The number of halogens is 1. The van der Waals surface area contributed by atoms with Gasteiger partial charge in [0.1, 0.15) is 5.75 Å². The van der Waals surface area contributed by atoms with Gasteiger partial charge >= 0.3 is 5.97 Å². The van der Waals surface area contributed by atoms with Gasteiger partial charge in [0, 0.05) is 17.1 Å². The summed E-state index contributed by atoms with van der Waals surface area (Å²) >= 11 is 3.28. The standard InChI is InChI=1S/C10H12O2.C7H6BrNO.C2H6/c1-7-4-5-10(8(2)6-7)12-9(3)11;8-6-1-3-7(4-2-6)9-5-10;1-2/h4-6H,1-3H3;1-5H,(H,9,10);1-2H3. The van der Waals surface area contributed by atoms with E-state index >= 15 is 0 Å². The Balaban J connectivity index is 0.000000405. The second kappa shape index (κ2) is 12.3. The number of amides is 1. The molecule has 2 rings (SSSR count). The average Bonchev–Trinajstić information content (AvgIpc) is 2.55. The van der Waals surface area contributed by atoms with Crippen LogP contribution in [0.1, 0.15) is 31.9 Å². The summed E-state index contributed by atoms with van der Waals surface area (Å²) in [5.74, 6) is 0.370. The number of hydrogen-bond acceptors (Lipinski definition) is 3. The molecule has 0 heterocycles.